The molecule has 2 heterocycles. The number of amides is 1. The van der Waals surface area contributed by atoms with Gasteiger partial charge in [0.15, 0.2) is 0 Å². The Morgan fingerprint density at radius 1 is 1.16 bits per heavy atom. The molecule has 4 heteroatoms. The molecule has 0 radical (unpaired) electrons. The maximum atomic E-state index is 12.6. The van der Waals surface area contributed by atoms with E-state index in [2.05, 4.69) is 17.1 Å². The number of hydrogen-bond acceptors (Lipinski definition) is 3. The van der Waals surface area contributed by atoms with Crippen LogP contribution in [0.5, 0.6) is 0 Å². The van der Waals surface area contributed by atoms with Gasteiger partial charge in [-0.2, -0.15) is 0 Å². The van der Waals surface area contributed by atoms with Crippen molar-refractivity contribution < 1.29 is 9.53 Å². The van der Waals surface area contributed by atoms with Crippen LogP contribution in [0.1, 0.15) is 45.4 Å². The van der Waals surface area contributed by atoms with Crippen molar-refractivity contribution in [3.05, 3.63) is 0 Å². The first-order valence-corrected chi connectivity index (χ1v) is 7.93. The molecule has 0 aromatic rings. The molecule has 2 aliphatic heterocycles. The fraction of sp³-hybridized carbons (Fsp3) is 0.933. The van der Waals surface area contributed by atoms with Gasteiger partial charge in [-0.3, -0.25) is 4.79 Å². The van der Waals surface area contributed by atoms with E-state index in [4.69, 9.17) is 4.74 Å². The van der Waals surface area contributed by atoms with E-state index in [-0.39, 0.29) is 12.0 Å². The van der Waals surface area contributed by atoms with E-state index in [1.165, 1.54) is 19.3 Å². The van der Waals surface area contributed by atoms with Gasteiger partial charge in [0.25, 0.3) is 0 Å². The Bertz CT molecular complexity index is 275. The van der Waals surface area contributed by atoms with E-state index in [1.807, 2.05) is 0 Å². The van der Waals surface area contributed by atoms with Gasteiger partial charge in [-0.25, -0.2) is 0 Å². The summed E-state index contributed by atoms with van der Waals surface area (Å²) in [6.45, 7) is 6.28. The maximum absolute atomic E-state index is 12.6. The number of likely N-dealkylation sites (tertiary alicyclic amines) is 1. The lowest BCUT2D eigenvalue weighted by atomic mass is 10.00. The molecule has 4 nitrogen and oxygen atoms in total. The summed E-state index contributed by atoms with van der Waals surface area (Å²) in [4.78, 5) is 14.7. The summed E-state index contributed by atoms with van der Waals surface area (Å²) < 4.78 is 5.52. The van der Waals surface area contributed by atoms with Gasteiger partial charge < -0.3 is 15.0 Å². The van der Waals surface area contributed by atoms with Gasteiger partial charge in [-0.1, -0.05) is 26.2 Å². The highest BCUT2D eigenvalue weighted by molar-refractivity contribution is 5.80. The molecule has 2 saturated heterocycles. The highest BCUT2D eigenvalue weighted by atomic mass is 16.5. The standard InChI is InChI=1S/C15H28N2O2/c1-2-8-16-14-12-19-11-13(14)15(18)17-9-6-4-3-5-7-10-17/h13-14,16H,2-12H2,1H3. The molecule has 0 aromatic carbocycles. The van der Waals surface area contributed by atoms with Crippen LogP contribution in [-0.2, 0) is 9.53 Å². The molecule has 0 saturated carbocycles. The number of nitrogens with zero attached hydrogens (tertiary/aromatic N) is 1. The lowest BCUT2D eigenvalue weighted by Gasteiger charge is -2.29. The largest absolute Gasteiger partial charge is 0.379 e. The van der Waals surface area contributed by atoms with E-state index < -0.39 is 0 Å². The molecule has 0 aliphatic carbocycles. The zero-order valence-electron chi connectivity index (χ0n) is 12.2. The molecule has 0 bridgehead atoms. The predicted molar refractivity (Wildman–Crippen MR) is 76.1 cm³/mol. The van der Waals surface area contributed by atoms with E-state index in [1.54, 1.807) is 0 Å². The minimum Gasteiger partial charge on any atom is -0.379 e. The van der Waals surface area contributed by atoms with Crippen molar-refractivity contribution in [1.82, 2.24) is 10.2 Å². The average Bonchev–Trinajstić information content (AvgIpc) is 2.83. The Morgan fingerprint density at radius 2 is 1.84 bits per heavy atom. The number of carbonyl (C=O) groups excluding carboxylic acids is 1. The number of carbonyl (C=O) groups is 1. The third kappa shape index (κ3) is 4.18. The summed E-state index contributed by atoms with van der Waals surface area (Å²) in [5.41, 5.74) is 0. The molecule has 0 aromatic heterocycles. The van der Waals surface area contributed by atoms with E-state index in [0.717, 1.165) is 38.9 Å². The van der Waals surface area contributed by atoms with E-state index in [0.29, 0.717) is 19.1 Å². The van der Waals surface area contributed by atoms with Crippen molar-refractivity contribution in [2.75, 3.05) is 32.8 Å². The van der Waals surface area contributed by atoms with Gasteiger partial charge in [0, 0.05) is 19.1 Å². The summed E-state index contributed by atoms with van der Waals surface area (Å²) in [6.07, 6.45) is 7.28. The van der Waals surface area contributed by atoms with Crippen LogP contribution in [0, 0.1) is 5.92 Å². The molecule has 2 rings (SSSR count). The molecule has 2 atom stereocenters. The number of rotatable bonds is 4. The lowest BCUT2D eigenvalue weighted by Crippen LogP contribution is -2.46. The summed E-state index contributed by atoms with van der Waals surface area (Å²) >= 11 is 0. The average molecular weight is 268 g/mol. The fourth-order valence-corrected chi connectivity index (χ4v) is 3.03. The Balaban J connectivity index is 1.88. The van der Waals surface area contributed by atoms with Gasteiger partial charge in [0.2, 0.25) is 5.91 Å². The first-order valence-electron chi connectivity index (χ1n) is 7.93. The van der Waals surface area contributed by atoms with Crippen LogP contribution in [0.2, 0.25) is 0 Å². The summed E-state index contributed by atoms with van der Waals surface area (Å²) in [7, 11) is 0. The number of nitrogens with one attached hydrogen (secondary N) is 1. The summed E-state index contributed by atoms with van der Waals surface area (Å²) in [5, 5.41) is 3.46. The van der Waals surface area contributed by atoms with Crippen LogP contribution in [0.4, 0.5) is 0 Å². The second-order valence-electron chi connectivity index (χ2n) is 5.80. The SMILES string of the molecule is CCCNC1COCC1C(=O)N1CCCCCCC1. The maximum Gasteiger partial charge on any atom is 0.229 e. The number of ether oxygens (including phenoxy) is 1. The van der Waals surface area contributed by atoms with Crippen molar-refractivity contribution >= 4 is 5.91 Å². The lowest BCUT2D eigenvalue weighted by molar-refractivity contribution is -0.136. The van der Waals surface area contributed by atoms with Crippen molar-refractivity contribution in [2.24, 2.45) is 5.92 Å². The van der Waals surface area contributed by atoms with Crippen LogP contribution < -0.4 is 5.32 Å². The zero-order valence-corrected chi connectivity index (χ0v) is 12.2. The van der Waals surface area contributed by atoms with Gasteiger partial charge in [-0.15, -0.1) is 0 Å². The first-order chi connectivity index (χ1) is 9.33. The Kier molecular flexibility index (Phi) is 6.11. The Labute approximate surface area is 116 Å². The molecule has 2 aliphatic rings. The zero-order chi connectivity index (χ0) is 13.5. The Hall–Kier alpha value is -0.610. The van der Waals surface area contributed by atoms with Gasteiger partial charge in [-0.05, 0) is 25.8 Å². The smallest absolute Gasteiger partial charge is 0.229 e. The van der Waals surface area contributed by atoms with E-state index in [9.17, 15) is 4.79 Å². The molecule has 110 valence electrons. The molecule has 2 fully saturated rings. The molecule has 0 spiro atoms. The van der Waals surface area contributed by atoms with Gasteiger partial charge >= 0.3 is 0 Å². The molecule has 19 heavy (non-hydrogen) atoms. The molecule has 1 N–H and O–H groups in total. The van der Waals surface area contributed by atoms with Crippen LogP contribution in [0.25, 0.3) is 0 Å². The van der Waals surface area contributed by atoms with E-state index >= 15 is 0 Å². The second-order valence-corrected chi connectivity index (χ2v) is 5.80. The third-order valence-electron chi connectivity index (χ3n) is 4.22. The highest BCUT2D eigenvalue weighted by Crippen LogP contribution is 2.19. The topological polar surface area (TPSA) is 41.6 Å². The van der Waals surface area contributed by atoms with Crippen molar-refractivity contribution in [2.45, 2.75) is 51.5 Å². The second kappa shape index (κ2) is 7.85. The molecule has 1 amide bonds. The Morgan fingerprint density at radius 3 is 2.53 bits per heavy atom. The van der Waals surface area contributed by atoms with Crippen LogP contribution in [0.15, 0.2) is 0 Å². The highest BCUT2D eigenvalue weighted by Gasteiger charge is 2.36. The predicted octanol–water partition coefficient (Wildman–Crippen LogP) is 1.79. The minimum absolute atomic E-state index is 0.0333. The van der Waals surface area contributed by atoms with Gasteiger partial charge in [0.1, 0.15) is 0 Å². The van der Waals surface area contributed by atoms with Gasteiger partial charge in [0.05, 0.1) is 19.1 Å². The molecular formula is C15H28N2O2. The normalized spacial score (nSPS) is 29.0. The van der Waals surface area contributed by atoms with Crippen molar-refractivity contribution in [3.8, 4) is 0 Å². The third-order valence-corrected chi connectivity index (χ3v) is 4.22. The minimum atomic E-state index is 0.0333. The summed E-state index contributed by atoms with van der Waals surface area (Å²) in [6, 6.07) is 0.220. The van der Waals surface area contributed by atoms with Crippen LogP contribution in [0.3, 0.4) is 0 Å². The van der Waals surface area contributed by atoms with Crippen molar-refractivity contribution in [1.29, 1.82) is 0 Å². The molecular weight excluding hydrogens is 240 g/mol. The van der Waals surface area contributed by atoms with Crippen molar-refractivity contribution in [3.63, 3.8) is 0 Å². The van der Waals surface area contributed by atoms with Crippen LogP contribution >= 0.6 is 0 Å². The summed E-state index contributed by atoms with van der Waals surface area (Å²) in [5.74, 6) is 0.346. The fourth-order valence-electron chi connectivity index (χ4n) is 3.03. The molecule has 2 unspecified atom stereocenters. The van der Waals surface area contributed by atoms with Crippen LogP contribution in [-0.4, -0.2) is 49.7 Å². The monoisotopic (exact) mass is 268 g/mol. The quantitative estimate of drug-likeness (QED) is 0.845. The first kappa shape index (κ1) is 14.8. The number of hydrogen-bond donors (Lipinski definition) is 1.